The monoisotopic (exact) mass is 301 g/mol. The summed E-state index contributed by atoms with van der Waals surface area (Å²) >= 11 is 0. The number of piperazine rings is 1. The van der Waals surface area contributed by atoms with E-state index in [0.29, 0.717) is 18.7 Å². The average Bonchev–Trinajstić information content (AvgIpc) is 2.44. The predicted molar refractivity (Wildman–Crippen MR) is 72.6 cm³/mol. The van der Waals surface area contributed by atoms with Gasteiger partial charge in [0.25, 0.3) is 5.91 Å². The first-order valence-corrected chi connectivity index (χ1v) is 6.70. The summed E-state index contributed by atoms with van der Waals surface area (Å²) in [6, 6.07) is 1.53. The molecule has 7 heteroatoms. The molecule has 1 saturated heterocycles. The normalized spacial score (nSPS) is 20.5. The third-order valence-corrected chi connectivity index (χ3v) is 3.72. The van der Waals surface area contributed by atoms with Crippen molar-refractivity contribution in [2.24, 2.45) is 0 Å². The maximum atomic E-state index is 13.1. The fourth-order valence-electron chi connectivity index (χ4n) is 2.32. The SMILES string of the molecule is CN1CCN(C)C(CNC(=O)c2cc(F)c(F)c(F)c2)C1. The number of halogens is 3. The highest BCUT2D eigenvalue weighted by Gasteiger charge is 2.23. The van der Waals surface area contributed by atoms with E-state index in [1.165, 1.54) is 0 Å². The highest BCUT2D eigenvalue weighted by Crippen LogP contribution is 2.13. The molecule has 1 aliphatic rings. The van der Waals surface area contributed by atoms with Gasteiger partial charge in [-0.2, -0.15) is 0 Å². The summed E-state index contributed by atoms with van der Waals surface area (Å²) in [6.07, 6.45) is 0. The molecule has 0 saturated carbocycles. The fraction of sp³-hybridized carbons (Fsp3) is 0.500. The number of carbonyl (C=O) groups is 1. The molecule has 21 heavy (non-hydrogen) atoms. The third kappa shape index (κ3) is 3.74. The van der Waals surface area contributed by atoms with Gasteiger partial charge < -0.3 is 10.2 Å². The van der Waals surface area contributed by atoms with Crippen LogP contribution in [0.15, 0.2) is 12.1 Å². The van der Waals surface area contributed by atoms with Crippen LogP contribution in [0, 0.1) is 17.5 Å². The van der Waals surface area contributed by atoms with Crippen molar-refractivity contribution in [3.8, 4) is 0 Å². The summed E-state index contributed by atoms with van der Waals surface area (Å²) < 4.78 is 39.0. The van der Waals surface area contributed by atoms with Gasteiger partial charge in [0.2, 0.25) is 0 Å². The van der Waals surface area contributed by atoms with E-state index in [9.17, 15) is 18.0 Å². The molecule has 1 fully saturated rings. The van der Waals surface area contributed by atoms with Crippen LogP contribution in [0.5, 0.6) is 0 Å². The Morgan fingerprint density at radius 1 is 1.24 bits per heavy atom. The smallest absolute Gasteiger partial charge is 0.251 e. The topological polar surface area (TPSA) is 35.6 Å². The number of benzene rings is 1. The molecule has 1 aromatic rings. The lowest BCUT2D eigenvalue weighted by molar-refractivity contribution is 0.0880. The Kier molecular flexibility index (Phi) is 4.84. The van der Waals surface area contributed by atoms with E-state index in [0.717, 1.165) is 19.6 Å². The van der Waals surface area contributed by atoms with Crippen LogP contribution in [0.25, 0.3) is 0 Å². The zero-order chi connectivity index (χ0) is 15.6. The lowest BCUT2D eigenvalue weighted by atomic mass is 10.1. The molecule has 0 spiro atoms. The summed E-state index contributed by atoms with van der Waals surface area (Å²) in [6.45, 7) is 3.00. The van der Waals surface area contributed by atoms with Crippen molar-refractivity contribution in [3.63, 3.8) is 0 Å². The second-order valence-electron chi connectivity index (χ2n) is 5.36. The Bertz CT molecular complexity index is 515. The van der Waals surface area contributed by atoms with Crippen LogP contribution in [0.2, 0.25) is 0 Å². The Morgan fingerprint density at radius 2 is 1.86 bits per heavy atom. The van der Waals surface area contributed by atoms with E-state index in [2.05, 4.69) is 15.1 Å². The Balaban J connectivity index is 1.98. The molecule has 0 aromatic heterocycles. The summed E-state index contributed by atoms with van der Waals surface area (Å²) in [4.78, 5) is 16.2. The maximum Gasteiger partial charge on any atom is 0.251 e. The number of nitrogens with one attached hydrogen (secondary N) is 1. The molecule has 1 N–H and O–H groups in total. The molecular formula is C14H18F3N3O. The number of carbonyl (C=O) groups excluding carboxylic acids is 1. The molecular weight excluding hydrogens is 283 g/mol. The van der Waals surface area contributed by atoms with Crippen LogP contribution in [-0.2, 0) is 0 Å². The summed E-state index contributed by atoms with van der Waals surface area (Å²) in [5, 5.41) is 2.63. The van der Waals surface area contributed by atoms with Crippen molar-refractivity contribution < 1.29 is 18.0 Å². The number of rotatable bonds is 3. The summed E-state index contributed by atoms with van der Waals surface area (Å²) in [7, 11) is 3.95. The second-order valence-corrected chi connectivity index (χ2v) is 5.36. The molecule has 1 heterocycles. The van der Waals surface area contributed by atoms with Crippen molar-refractivity contribution in [1.82, 2.24) is 15.1 Å². The van der Waals surface area contributed by atoms with Crippen LogP contribution in [0.1, 0.15) is 10.4 Å². The maximum absolute atomic E-state index is 13.1. The van der Waals surface area contributed by atoms with E-state index in [1.807, 2.05) is 14.1 Å². The molecule has 1 amide bonds. The fourth-order valence-corrected chi connectivity index (χ4v) is 2.32. The van der Waals surface area contributed by atoms with Gasteiger partial charge in [-0.25, -0.2) is 13.2 Å². The van der Waals surface area contributed by atoms with Gasteiger partial charge >= 0.3 is 0 Å². The molecule has 2 rings (SSSR count). The van der Waals surface area contributed by atoms with Crippen LogP contribution in [0.4, 0.5) is 13.2 Å². The van der Waals surface area contributed by atoms with E-state index >= 15 is 0 Å². The molecule has 0 bridgehead atoms. The highest BCUT2D eigenvalue weighted by atomic mass is 19.2. The van der Waals surface area contributed by atoms with Gasteiger partial charge in [0.1, 0.15) is 0 Å². The zero-order valence-corrected chi connectivity index (χ0v) is 12.0. The van der Waals surface area contributed by atoms with E-state index < -0.39 is 23.4 Å². The molecule has 1 unspecified atom stereocenters. The zero-order valence-electron chi connectivity index (χ0n) is 12.0. The van der Waals surface area contributed by atoms with Gasteiger partial charge in [-0.3, -0.25) is 9.69 Å². The van der Waals surface area contributed by atoms with Gasteiger partial charge in [0.05, 0.1) is 0 Å². The van der Waals surface area contributed by atoms with Crippen molar-refractivity contribution >= 4 is 5.91 Å². The highest BCUT2D eigenvalue weighted by molar-refractivity contribution is 5.94. The Labute approximate surface area is 121 Å². The Hall–Kier alpha value is -1.60. The molecule has 0 radical (unpaired) electrons. The lowest BCUT2D eigenvalue weighted by Crippen LogP contribution is -2.54. The van der Waals surface area contributed by atoms with Crippen molar-refractivity contribution in [2.45, 2.75) is 6.04 Å². The van der Waals surface area contributed by atoms with Gasteiger partial charge in [0.15, 0.2) is 17.5 Å². The van der Waals surface area contributed by atoms with Crippen LogP contribution in [-0.4, -0.2) is 62.0 Å². The summed E-state index contributed by atoms with van der Waals surface area (Å²) in [5.74, 6) is -4.92. The lowest BCUT2D eigenvalue weighted by Gasteiger charge is -2.37. The van der Waals surface area contributed by atoms with Crippen LogP contribution < -0.4 is 5.32 Å². The van der Waals surface area contributed by atoms with Gasteiger partial charge in [-0.1, -0.05) is 0 Å². The van der Waals surface area contributed by atoms with Crippen molar-refractivity contribution in [1.29, 1.82) is 0 Å². The van der Waals surface area contributed by atoms with E-state index in [4.69, 9.17) is 0 Å². The van der Waals surface area contributed by atoms with Gasteiger partial charge in [0, 0.05) is 37.8 Å². The number of amides is 1. The first kappa shape index (κ1) is 15.8. The first-order chi connectivity index (χ1) is 9.88. The molecule has 116 valence electrons. The van der Waals surface area contributed by atoms with Crippen LogP contribution in [0.3, 0.4) is 0 Å². The molecule has 1 aromatic carbocycles. The Morgan fingerprint density at radius 3 is 2.48 bits per heavy atom. The number of nitrogens with zero attached hydrogens (tertiary/aromatic N) is 2. The first-order valence-electron chi connectivity index (χ1n) is 6.70. The number of hydrogen-bond donors (Lipinski definition) is 1. The standard InChI is InChI=1S/C14H18F3N3O/c1-19-3-4-20(2)10(8-19)7-18-14(21)9-5-11(15)13(17)12(16)6-9/h5-6,10H,3-4,7-8H2,1-2H3,(H,18,21). The minimum Gasteiger partial charge on any atom is -0.350 e. The minimum absolute atomic E-state index is 0.128. The van der Waals surface area contributed by atoms with Gasteiger partial charge in [-0.05, 0) is 26.2 Å². The molecule has 1 atom stereocenters. The second kappa shape index (κ2) is 6.44. The molecule has 4 nitrogen and oxygen atoms in total. The van der Waals surface area contributed by atoms with E-state index in [-0.39, 0.29) is 11.6 Å². The minimum atomic E-state index is -1.57. The van der Waals surface area contributed by atoms with Crippen molar-refractivity contribution in [3.05, 3.63) is 35.1 Å². The number of hydrogen-bond acceptors (Lipinski definition) is 3. The van der Waals surface area contributed by atoms with E-state index in [1.54, 1.807) is 0 Å². The summed E-state index contributed by atoms with van der Waals surface area (Å²) in [5.41, 5.74) is -0.224. The van der Waals surface area contributed by atoms with Crippen molar-refractivity contribution in [2.75, 3.05) is 40.3 Å². The average molecular weight is 301 g/mol. The predicted octanol–water partition coefficient (Wildman–Crippen LogP) is 1.08. The van der Waals surface area contributed by atoms with Gasteiger partial charge in [-0.15, -0.1) is 0 Å². The van der Waals surface area contributed by atoms with Crippen LogP contribution >= 0.6 is 0 Å². The molecule has 1 aliphatic heterocycles. The quantitative estimate of drug-likeness (QED) is 0.849. The number of likely N-dealkylation sites (N-methyl/N-ethyl adjacent to an activating group) is 2. The molecule has 0 aliphatic carbocycles. The largest absolute Gasteiger partial charge is 0.350 e. The third-order valence-electron chi connectivity index (χ3n) is 3.72.